The van der Waals surface area contributed by atoms with Gasteiger partial charge < -0.3 is 10.4 Å². The summed E-state index contributed by atoms with van der Waals surface area (Å²) in [6, 6.07) is 0.299. The Morgan fingerprint density at radius 3 is 2.60 bits per heavy atom. The Labute approximate surface area is 121 Å². The van der Waals surface area contributed by atoms with E-state index in [1.54, 1.807) is 6.92 Å². The predicted molar refractivity (Wildman–Crippen MR) is 69.9 cm³/mol. The maximum Gasteiger partial charge on any atom is 0.326 e. The van der Waals surface area contributed by atoms with Gasteiger partial charge in [0.15, 0.2) is 0 Å². The Morgan fingerprint density at radius 2 is 2.15 bits per heavy atom. The van der Waals surface area contributed by atoms with Crippen molar-refractivity contribution in [2.75, 3.05) is 0 Å². The standard InChI is InChI=1S/C11H10BrFN2O5/c1-2-7(11(17)18)14-10(16)6-3-5(13)4-8(9(6)12)15(19)20/h3-4,7H,2H2,1H3,(H,14,16)(H,17,18). The second-order valence-corrected chi connectivity index (χ2v) is 4.61. The van der Waals surface area contributed by atoms with E-state index in [1.807, 2.05) is 0 Å². The quantitative estimate of drug-likeness (QED) is 0.625. The first-order valence-corrected chi connectivity index (χ1v) is 6.24. The molecule has 7 nitrogen and oxygen atoms in total. The van der Waals surface area contributed by atoms with Crippen molar-refractivity contribution in [2.24, 2.45) is 0 Å². The SMILES string of the molecule is CCC(NC(=O)c1cc(F)cc([N+](=O)[O-])c1Br)C(=O)O. The number of carbonyl (C=O) groups excluding carboxylic acids is 1. The molecule has 1 rings (SSSR count). The Hall–Kier alpha value is -2.03. The molecule has 9 heteroatoms. The van der Waals surface area contributed by atoms with Crippen LogP contribution in [0.1, 0.15) is 23.7 Å². The fraction of sp³-hybridized carbons (Fsp3) is 0.273. The molecule has 0 saturated heterocycles. The molecule has 20 heavy (non-hydrogen) atoms. The Bertz CT molecular complexity index is 578. The molecule has 2 N–H and O–H groups in total. The summed E-state index contributed by atoms with van der Waals surface area (Å²) in [6.07, 6.45) is 0.121. The summed E-state index contributed by atoms with van der Waals surface area (Å²) in [5, 5.41) is 21.7. The van der Waals surface area contributed by atoms with Gasteiger partial charge in [-0.3, -0.25) is 14.9 Å². The van der Waals surface area contributed by atoms with E-state index in [2.05, 4.69) is 21.2 Å². The van der Waals surface area contributed by atoms with Crippen molar-refractivity contribution in [2.45, 2.75) is 19.4 Å². The highest BCUT2D eigenvalue weighted by Crippen LogP contribution is 2.29. The van der Waals surface area contributed by atoms with Crippen LogP contribution in [-0.2, 0) is 4.79 Å². The minimum atomic E-state index is -1.25. The number of carboxylic acids is 1. The van der Waals surface area contributed by atoms with Crippen molar-refractivity contribution in [1.82, 2.24) is 5.32 Å². The van der Waals surface area contributed by atoms with E-state index in [0.29, 0.717) is 6.07 Å². The van der Waals surface area contributed by atoms with Crippen molar-refractivity contribution >= 4 is 33.5 Å². The highest BCUT2D eigenvalue weighted by Gasteiger charge is 2.25. The smallest absolute Gasteiger partial charge is 0.326 e. The lowest BCUT2D eigenvalue weighted by molar-refractivity contribution is -0.385. The molecule has 1 amide bonds. The largest absolute Gasteiger partial charge is 0.480 e. The lowest BCUT2D eigenvalue weighted by Crippen LogP contribution is -2.40. The van der Waals surface area contributed by atoms with Crippen molar-refractivity contribution in [3.63, 3.8) is 0 Å². The maximum absolute atomic E-state index is 13.3. The number of hydrogen-bond acceptors (Lipinski definition) is 4. The summed E-state index contributed by atoms with van der Waals surface area (Å²) in [6.45, 7) is 1.54. The van der Waals surface area contributed by atoms with Gasteiger partial charge in [0.2, 0.25) is 0 Å². The highest BCUT2D eigenvalue weighted by atomic mass is 79.9. The van der Waals surface area contributed by atoms with Crippen LogP contribution in [0.4, 0.5) is 10.1 Å². The van der Waals surface area contributed by atoms with Gasteiger partial charge in [-0.05, 0) is 28.4 Å². The first-order valence-electron chi connectivity index (χ1n) is 5.45. The number of aliphatic carboxylic acids is 1. The van der Waals surface area contributed by atoms with Crippen LogP contribution >= 0.6 is 15.9 Å². The zero-order valence-electron chi connectivity index (χ0n) is 10.2. The third kappa shape index (κ3) is 3.50. The summed E-state index contributed by atoms with van der Waals surface area (Å²) in [5.74, 6) is -3.12. The molecule has 0 aliphatic rings. The summed E-state index contributed by atoms with van der Waals surface area (Å²) in [5.41, 5.74) is -0.949. The average Bonchev–Trinajstić information content (AvgIpc) is 2.37. The van der Waals surface area contributed by atoms with Crippen LogP contribution in [0.3, 0.4) is 0 Å². The average molecular weight is 349 g/mol. The molecule has 0 saturated carbocycles. The number of halogens is 2. The number of nitrogens with zero attached hydrogens (tertiary/aromatic N) is 1. The van der Waals surface area contributed by atoms with Crippen molar-refractivity contribution in [3.8, 4) is 0 Å². The van der Waals surface area contributed by atoms with Crippen molar-refractivity contribution < 1.29 is 24.0 Å². The first-order chi connectivity index (χ1) is 9.27. The number of hydrogen-bond donors (Lipinski definition) is 2. The van der Waals surface area contributed by atoms with Crippen molar-refractivity contribution in [1.29, 1.82) is 0 Å². The Morgan fingerprint density at radius 1 is 1.55 bits per heavy atom. The molecule has 0 heterocycles. The normalized spacial score (nSPS) is 11.8. The fourth-order valence-electron chi connectivity index (χ4n) is 1.45. The van der Waals surface area contributed by atoms with Gasteiger partial charge in [-0.15, -0.1) is 0 Å². The molecular weight excluding hydrogens is 339 g/mol. The Balaban J connectivity index is 3.16. The van der Waals surface area contributed by atoms with Crippen LogP contribution in [0.15, 0.2) is 16.6 Å². The van der Waals surface area contributed by atoms with Crippen molar-refractivity contribution in [3.05, 3.63) is 38.1 Å². The van der Waals surface area contributed by atoms with E-state index in [4.69, 9.17) is 5.11 Å². The summed E-state index contributed by atoms with van der Waals surface area (Å²) in [4.78, 5) is 32.6. The van der Waals surface area contributed by atoms with Gasteiger partial charge in [0, 0.05) is 0 Å². The number of nitro benzene ring substituents is 1. The third-order valence-corrected chi connectivity index (χ3v) is 3.30. The molecule has 0 aromatic heterocycles. The number of nitro groups is 1. The lowest BCUT2D eigenvalue weighted by atomic mass is 10.1. The fourth-order valence-corrected chi connectivity index (χ4v) is 2.00. The van der Waals surface area contributed by atoms with E-state index in [1.165, 1.54) is 0 Å². The van der Waals surface area contributed by atoms with Gasteiger partial charge in [0.05, 0.1) is 16.6 Å². The molecule has 0 radical (unpaired) electrons. The number of benzene rings is 1. The molecule has 108 valence electrons. The minimum Gasteiger partial charge on any atom is -0.480 e. The van der Waals surface area contributed by atoms with E-state index < -0.39 is 34.3 Å². The topological polar surface area (TPSA) is 110 Å². The van der Waals surface area contributed by atoms with Gasteiger partial charge in [0.1, 0.15) is 16.3 Å². The zero-order valence-corrected chi connectivity index (χ0v) is 11.8. The number of carboxylic acid groups (broad SMARTS) is 1. The molecule has 0 bridgehead atoms. The molecule has 0 spiro atoms. The second-order valence-electron chi connectivity index (χ2n) is 3.82. The van der Waals surface area contributed by atoms with Gasteiger partial charge in [0.25, 0.3) is 11.6 Å². The number of rotatable bonds is 5. The second kappa shape index (κ2) is 6.42. The van der Waals surface area contributed by atoms with E-state index in [9.17, 15) is 24.1 Å². The van der Waals surface area contributed by atoms with Crippen LogP contribution in [0, 0.1) is 15.9 Å². The van der Waals surface area contributed by atoms with Gasteiger partial charge in [-0.2, -0.15) is 0 Å². The molecule has 0 aliphatic carbocycles. The predicted octanol–water partition coefficient (Wildman–Crippen LogP) is 2.09. The monoisotopic (exact) mass is 348 g/mol. The molecule has 0 aliphatic heterocycles. The summed E-state index contributed by atoms with van der Waals surface area (Å²) < 4.78 is 13.1. The highest BCUT2D eigenvalue weighted by molar-refractivity contribution is 9.10. The molecule has 1 aromatic rings. The minimum absolute atomic E-state index is 0.121. The Kier molecular flexibility index (Phi) is 5.14. The number of amides is 1. The van der Waals surface area contributed by atoms with Crippen LogP contribution in [-0.4, -0.2) is 27.9 Å². The van der Waals surface area contributed by atoms with Crippen LogP contribution in [0.25, 0.3) is 0 Å². The van der Waals surface area contributed by atoms with E-state index >= 15 is 0 Å². The van der Waals surface area contributed by atoms with Crippen LogP contribution in [0.5, 0.6) is 0 Å². The van der Waals surface area contributed by atoms with Crippen LogP contribution in [0.2, 0.25) is 0 Å². The molecule has 1 unspecified atom stereocenters. The summed E-state index contributed by atoms with van der Waals surface area (Å²) in [7, 11) is 0. The van der Waals surface area contributed by atoms with E-state index in [0.717, 1.165) is 6.07 Å². The van der Waals surface area contributed by atoms with Crippen LogP contribution < -0.4 is 5.32 Å². The van der Waals surface area contributed by atoms with Gasteiger partial charge >= 0.3 is 5.97 Å². The molecular formula is C11H10BrFN2O5. The zero-order chi connectivity index (χ0) is 15.4. The van der Waals surface area contributed by atoms with Gasteiger partial charge in [-0.25, -0.2) is 9.18 Å². The maximum atomic E-state index is 13.3. The molecule has 0 fully saturated rings. The molecule has 1 atom stereocenters. The molecule has 1 aromatic carbocycles. The summed E-state index contributed by atoms with van der Waals surface area (Å²) >= 11 is 2.85. The third-order valence-electron chi connectivity index (χ3n) is 2.47. The number of carbonyl (C=O) groups is 2. The lowest BCUT2D eigenvalue weighted by Gasteiger charge is -2.13. The number of nitrogens with one attached hydrogen (secondary N) is 1. The van der Waals surface area contributed by atoms with E-state index in [-0.39, 0.29) is 16.5 Å². The first kappa shape index (κ1) is 16.0. The van der Waals surface area contributed by atoms with Gasteiger partial charge in [-0.1, -0.05) is 6.92 Å².